The van der Waals surface area contributed by atoms with Crippen molar-refractivity contribution < 1.29 is 14.2 Å². The number of hydrazone groups is 1. The molecule has 1 N–H and O–H groups in total. The summed E-state index contributed by atoms with van der Waals surface area (Å²) in [6.07, 6.45) is 8.76. The third-order valence-electron chi connectivity index (χ3n) is 4.63. The van der Waals surface area contributed by atoms with Crippen LogP contribution in [0.2, 0.25) is 0 Å². The summed E-state index contributed by atoms with van der Waals surface area (Å²) < 4.78 is 18.2. The van der Waals surface area contributed by atoms with Gasteiger partial charge in [-0.3, -0.25) is 10.4 Å². The molecule has 152 valence electrons. The second kappa shape index (κ2) is 8.52. The summed E-state index contributed by atoms with van der Waals surface area (Å²) in [7, 11) is 4.84. The third kappa shape index (κ3) is 3.75. The Balaban J connectivity index is 1.59. The first-order valence-corrected chi connectivity index (χ1v) is 9.19. The molecule has 2 heterocycles. The van der Waals surface area contributed by atoms with Gasteiger partial charge in [0.25, 0.3) is 0 Å². The minimum Gasteiger partial charge on any atom is -0.495 e. The van der Waals surface area contributed by atoms with Crippen molar-refractivity contribution in [2.75, 3.05) is 26.8 Å². The molecule has 0 aliphatic heterocycles. The van der Waals surface area contributed by atoms with Gasteiger partial charge in [-0.05, 0) is 29.8 Å². The van der Waals surface area contributed by atoms with Crippen molar-refractivity contribution in [3.8, 4) is 22.9 Å². The normalized spacial score (nSPS) is 11.0. The lowest BCUT2D eigenvalue weighted by Crippen LogP contribution is -1.98. The first-order chi connectivity index (χ1) is 14.7. The quantitative estimate of drug-likeness (QED) is 0.372. The summed E-state index contributed by atoms with van der Waals surface area (Å²) in [6.45, 7) is 0. The lowest BCUT2D eigenvalue weighted by atomic mass is 10.1. The van der Waals surface area contributed by atoms with Gasteiger partial charge in [0.1, 0.15) is 5.75 Å². The Morgan fingerprint density at radius 2 is 1.73 bits per heavy atom. The van der Waals surface area contributed by atoms with Crippen LogP contribution in [0.25, 0.3) is 16.6 Å². The molecule has 4 aromatic rings. The second-order valence-corrected chi connectivity index (χ2v) is 6.35. The van der Waals surface area contributed by atoms with Crippen LogP contribution in [0.1, 0.15) is 5.56 Å². The molecule has 2 aromatic carbocycles. The van der Waals surface area contributed by atoms with E-state index in [-0.39, 0.29) is 0 Å². The molecule has 0 bridgehead atoms. The fourth-order valence-electron chi connectivity index (χ4n) is 3.14. The maximum atomic E-state index is 5.51. The zero-order valence-corrected chi connectivity index (χ0v) is 16.9. The van der Waals surface area contributed by atoms with Gasteiger partial charge in [-0.2, -0.15) is 5.10 Å². The van der Waals surface area contributed by atoms with Gasteiger partial charge >= 0.3 is 0 Å². The van der Waals surface area contributed by atoms with Gasteiger partial charge in [0, 0.05) is 30.0 Å². The number of nitrogens with one attached hydrogen (secondary N) is 1. The number of ether oxygens (including phenoxy) is 3. The number of aromatic nitrogens is 3. The average molecular weight is 403 g/mol. The predicted octanol–water partition coefficient (Wildman–Crippen LogP) is 3.89. The van der Waals surface area contributed by atoms with Crippen molar-refractivity contribution in [1.82, 2.24) is 14.5 Å². The Bertz CT molecular complexity index is 1190. The van der Waals surface area contributed by atoms with Crippen LogP contribution in [-0.2, 0) is 0 Å². The molecule has 0 saturated heterocycles. The first-order valence-electron chi connectivity index (χ1n) is 9.19. The maximum Gasteiger partial charge on any atom is 0.162 e. The Morgan fingerprint density at radius 1 is 0.933 bits per heavy atom. The van der Waals surface area contributed by atoms with Crippen molar-refractivity contribution in [2.24, 2.45) is 5.10 Å². The van der Waals surface area contributed by atoms with Crippen molar-refractivity contribution in [3.63, 3.8) is 0 Å². The number of imidazole rings is 1. The van der Waals surface area contributed by atoms with Crippen LogP contribution < -0.4 is 19.6 Å². The minimum absolute atomic E-state index is 0.628. The first kappa shape index (κ1) is 19.3. The number of rotatable bonds is 7. The number of methoxy groups -OCH3 is 3. The molecule has 0 fully saturated rings. The van der Waals surface area contributed by atoms with E-state index in [1.54, 1.807) is 46.3 Å². The Kier molecular flexibility index (Phi) is 5.47. The highest BCUT2D eigenvalue weighted by atomic mass is 16.5. The standard InChI is InChI=1S/C22H21N5O3/c1-28-20-10-15(4-5-19(20)27-9-8-23-14-27)13-25-26-17-6-7-24-18-12-22(30-3)21(29-2)11-16(17)18/h4-14H,1-3H3,(H,24,26). The van der Waals surface area contributed by atoms with Gasteiger partial charge < -0.3 is 18.8 Å². The van der Waals surface area contributed by atoms with E-state index in [4.69, 9.17) is 14.2 Å². The van der Waals surface area contributed by atoms with E-state index in [0.29, 0.717) is 11.5 Å². The molecule has 4 rings (SSSR count). The van der Waals surface area contributed by atoms with Crippen molar-refractivity contribution in [1.29, 1.82) is 0 Å². The molecule has 8 nitrogen and oxygen atoms in total. The van der Waals surface area contributed by atoms with Gasteiger partial charge in [0.2, 0.25) is 0 Å². The summed E-state index contributed by atoms with van der Waals surface area (Å²) >= 11 is 0. The number of anilines is 1. The van der Waals surface area contributed by atoms with E-state index in [2.05, 4.69) is 20.5 Å². The number of hydrogen-bond donors (Lipinski definition) is 1. The zero-order chi connectivity index (χ0) is 20.9. The largest absolute Gasteiger partial charge is 0.495 e. The second-order valence-electron chi connectivity index (χ2n) is 6.35. The molecular weight excluding hydrogens is 382 g/mol. The molecule has 0 atom stereocenters. The van der Waals surface area contributed by atoms with Crippen LogP contribution >= 0.6 is 0 Å². The lowest BCUT2D eigenvalue weighted by molar-refractivity contribution is 0.356. The van der Waals surface area contributed by atoms with Crippen LogP contribution in [0.15, 0.2) is 66.4 Å². The number of pyridine rings is 1. The molecule has 0 unspecified atom stereocenters. The van der Waals surface area contributed by atoms with Crippen LogP contribution in [0, 0.1) is 0 Å². The topological polar surface area (TPSA) is 82.8 Å². The maximum absolute atomic E-state index is 5.51. The molecule has 8 heteroatoms. The Hall–Kier alpha value is -4.07. The number of benzene rings is 2. The Labute approximate surface area is 173 Å². The number of nitrogens with zero attached hydrogens (tertiary/aromatic N) is 4. The van der Waals surface area contributed by atoms with E-state index >= 15 is 0 Å². The SMILES string of the molecule is COc1cc2nccc(NN=Cc3ccc(-n4ccnc4)c(OC)c3)c2cc1OC. The molecule has 0 amide bonds. The number of fused-ring (bicyclic) bond motifs is 1. The van der Waals surface area contributed by atoms with Crippen LogP contribution in [0.4, 0.5) is 5.69 Å². The molecule has 2 aromatic heterocycles. The highest BCUT2D eigenvalue weighted by Gasteiger charge is 2.10. The van der Waals surface area contributed by atoms with Gasteiger partial charge in [0.15, 0.2) is 11.5 Å². The van der Waals surface area contributed by atoms with Gasteiger partial charge in [-0.15, -0.1) is 0 Å². The summed E-state index contributed by atoms with van der Waals surface area (Å²) in [5.74, 6) is 1.98. The zero-order valence-electron chi connectivity index (χ0n) is 16.9. The summed E-state index contributed by atoms with van der Waals surface area (Å²) in [4.78, 5) is 8.47. The molecule has 30 heavy (non-hydrogen) atoms. The molecule has 0 aliphatic rings. The predicted molar refractivity (Wildman–Crippen MR) is 116 cm³/mol. The lowest BCUT2D eigenvalue weighted by Gasteiger charge is -2.11. The van der Waals surface area contributed by atoms with Crippen LogP contribution in [0.3, 0.4) is 0 Å². The van der Waals surface area contributed by atoms with Gasteiger partial charge in [0.05, 0.1) is 50.8 Å². The highest BCUT2D eigenvalue weighted by molar-refractivity contribution is 5.94. The van der Waals surface area contributed by atoms with Crippen molar-refractivity contribution in [3.05, 3.63) is 66.9 Å². The van der Waals surface area contributed by atoms with Crippen LogP contribution in [0.5, 0.6) is 17.2 Å². The third-order valence-corrected chi connectivity index (χ3v) is 4.63. The molecule has 0 aliphatic carbocycles. The summed E-state index contributed by atoms with van der Waals surface area (Å²) in [5.41, 5.74) is 6.46. The van der Waals surface area contributed by atoms with Crippen molar-refractivity contribution >= 4 is 22.8 Å². The average Bonchev–Trinajstić information content (AvgIpc) is 3.32. The molecule has 0 spiro atoms. The highest BCUT2D eigenvalue weighted by Crippen LogP contribution is 2.34. The van der Waals surface area contributed by atoms with E-state index in [9.17, 15) is 0 Å². The summed E-state index contributed by atoms with van der Waals surface area (Å²) in [5, 5.41) is 5.25. The Morgan fingerprint density at radius 3 is 2.47 bits per heavy atom. The van der Waals surface area contributed by atoms with Gasteiger partial charge in [-0.25, -0.2) is 4.98 Å². The minimum atomic E-state index is 0.628. The molecule has 0 saturated carbocycles. The number of hydrogen-bond acceptors (Lipinski definition) is 7. The van der Waals surface area contributed by atoms with Crippen molar-refractivity contribution in [2.45, 2.75) is 0 Å². The smallest absolute Gasteiger partial charge is 0.162 e. The van der Waals surface area contributed by atoms with Crippen LogP contribution in [-0.4, -0.2) is 42.1 Å². The fraction of sp³-hybridized carbons (Fsp3) is 0.136. The van der Waals surface area contributed by atoms with E-state index in [1.807, 2.05) is 47.2 Å². The van der Waals surface area contributed by atoms with E-state index < -0.39 is 0 Å². The van der Waals surface area contributed by atoms with E-state index in [0.717, 1.165) is 33.6 Å². The molecule has 0 radical (unpaired) electrons. The fourth-order valence-corrected chi connectivity index (χ4v) is 3.14. The monoisotopic (exact) mass is 403 g/mol. The van der Waals surface area contributed by atoms with Gasteiger partial charge in [-0.1, -0.05) is 6.07 Å². The van der Waals surface area contributed by atoms with E-state index in [1.165, 1.54) is 0 Å². The summed E-state index contributed by atoms with van der Waals surface area (Å²) in [6, 6.07) is 11.4. The molecular formula is C22H21N5O3.